The predicted molar refractivity (Wildman–Crippen MR) is 58.9 cm³/mol. The second kappa shape index (κ2) is 3.70. The number of aromatic nitrogens is 1. The second-order valence-corrected chi connectivity index (χ2v) is 3.63. The highest BCUT2D eigenvalue weighted by molar-refractivity contribution is 7.04. The standard InChI is InChI=1S/C10H8N2O2S/c11-7-3-1-6(2-4-7)9-8(10(13)14)5-15-12-9/h1-5H,11H2,(H,13,14). The molecule has 5 heteroatoms. The highest BCUT2D eigenvalue weighted by Crippen LogP contribution is 2.24. The molecular weight excluding hydrogens is 212 g/mol. The van der Waals surface area contributed by atoms with E-state index in [-0.39, 0.29) is 5.56 Å². The van der Waals surface area contributed by atoms with Crippen molar-refractivity contribution in [3.05, 3.63) is 35.2 Å². The Morgan fingerprint density at radius 1 is 1.33 bits per heavy atom. The molecular formula is C10H8N2O2S. The van der Waals surface area contributed by atoms with Gasteiger partial charge in [0.1, 0.15) is 0 Å². The third-order valence-corrected chi connectivity index (χ3v) is 2.61. The van der Waals surface area contributed by atoms with E-state index < -0.39 is 5.97 Å². The number of nitrogens with two attached hydrogens (primary N) is 1. The summed E-state index contributed by atoms with van der Waals surface area (Å²) in [4.78, 5) is 10.9. The molecule has 2 aromatic rings. The van der Waals surface area contributed by atoms with Crippen LogP contribution in [0.25, 0.3) is 11.3 Å². The van der Waals surface area contributed by atoms with E-state index in [1.54, 1.807) is 24.3 Å². The van der Waals surface area contributed by atoms with Crippen molar-refractivity contribution in [1.29, 1.82) is 0 Å². The summed E-state index contributed by atoms with van der Waals surface area (Å²) < 4.78 is 4.06. The summed E-state index contributed by atoms with van der Waals surface area (Å²) in [7, 11) is 0. The fraction of sp³-hybridized carbons (Fsp3) is 0. The zero-order chi connectivity index (χ0) is 10.8. The average molecular weight is 220 g/mol. The topological polar surface area (TPSA) is 76.2 Å². The predicted octanol–water partition coefficient (Wildman–Crippen LogP) is 2.09. The van der Waals surface area contributed by atoms with Crippen LogP contribution in [-0.2, 0) is 0 Å². The summed E-state index contributed by atoms with van der Waals surface area (Å²) in [5, 5.41) is 10.4. The van der Waals surface area contributed by atoms with Gasteiger partial charge in [0.25, 0.3) is 0 Å². The molecule has 1 heterocycles. The summed E-state index contributed by atoms with van der Waals surface area (Å²) in [5.74, 6) is -0.962. The zero-order valence-corrected chi connectivity index (χ0v) is 8.49. The monoisotopic (exact) mass is 220 g/mol. The smallest absolute Gasteiger partial charge is 0.338 e. The van der Waals surface area contributed by atoms with Crippen LogP contribution in [0.15, 0.2) is 29.6 Å². The molecule has 0 fully saturated rings. The first kappa shape index (κ1) is 9.67. The normalized spacial score (nSPS) is 10.1. The van der Waals surface area contributed by atoms with Crippen molar-refractivity contribution in [1.82, 2.24) is 4.37 Å². The number of nitrogen functional groups attached to an aromatic ring is 1. The quantitative estimate of drug-likeness (QED) is 0.760. The highest BCUT2D eigenvalue weighted by Gasteiger charge is 2.14. The van der Waals surface area contributed by atoms with Gasteiger partial charge in [0.05, 0.1) is 11.3 Å². The lowest BCUT2D eigenvalue weighted by Gasteiger charge is -1.99. The van der Waals surface area contributed by atoms with Crippen LogP contribution in [0, 0.1) is 0 Å². The van der Waals surface area contributed by atoms with Crippen molar-refractivity contribution in [2.75, 3.05) is 5.73 Å². The maximum Gasteiger partial charge on any atom is 0.338 e. The number of aromatic carboxylic acids is 1. The Kier molecular flexibility index (Phi) is 2.39. The molecule has 0 radical (unpaired) electrons. The average Bonchev–Trinajstić information content (AvgIpc) is 2.67. The van der Waals surface area contributed by atoms with Crippen LogP contribution in [0.4, 0.5) is 5.69 Å². The number of carbonyl (C=O) groups is 1. The Balaban J connectivity index is 2.49. The fourth-order valence-corrected chi connectivity index (χ4v) is 1.92. The van der Waals surface area contributed by atoms with Gasteiger partial charge < -0.3 is 10.8 Å². The molecule has 2 rings (SSSR count). The Hall–Kier alpha value is -1.88. The van der Waals surface area contributed by atoms with Crippen LogP contribution in [0.1, 0.15) is 10.4 Å². The van der Waals surface area contributed by atoms with E-state index in [2.05, 4.69) is 4.37 Å². The maximum atomic E-state index is 10.9. The molecule has 15 heavy (non-hydrogen) atoms. The molecule has 0 unspecified atom stereocenters. The van der Waals surface area contributed by atoms with Gasteiger partial charge in [-0.15, -0.1) is 0 Å². The number of hydrogen-bond donors (Lipinski definition) is 2. The summed E-state index contributed by atoms with van der Waals surface area (Å²) in [6, 6.07) is 6.97. The lowest BCUT2D eigenvalue weighted by Crippen LogP contribution is -1.96. The molecule has 0 amide bonds. The molecule has 0 bridgehead atoms. The Bertz CT molecular complexity index is 490. The molecule has 1 aromatic heterocycles. The van der Waals surface area contributed by atoms with Gasteiger partial charge in [-0.25, -0.2) is 4.79 Å². The van der Waals surface area contributed by atoms with Gasteiger partial charge >= 0.3 is 5.97 Å². The molecule has 0 aliphatic carbocycles. The van der Waals surface area contributed by atoms with Gasteiger partial charge in [-0.1, -0.05) is 12.1 Å². The van der Waals surface area contributed by atoms with E-state index >= 15 is 0 Å². The van der Waals surface area contributed by atoms with E-state index in [0.29, 0.717) is 11.4 Å². The molecule has 0 aliphatic rings. The van der Waals surface area contributed by atoms with E-state index in [9.17, 15) is 4.79 Å². The van der Waals surface area contributed by atoms with Crippen molar-refractivity contribution in [2.45, 2.75) is 0 Å². The number of anilines is 1. The van der Waals surface area contributed by atoms with Crippen LogP contribution < -0.4 is 5.73 Å². The fourth-order valence-electron chi connectivity index (χ4n) is 1.24. The Labute approximate surface area is 90.2 Å². The van der Waals surface area contributed by atoms with E-state index in [1.807, 2.05) is 0 Å². The van der Waals surface area contributed by atoms with Crippen molar-refractivity contribution in [3.63, 3.8) is 0 Å². The zero-order valence-electron chi connectivity index (χ0n) is 7.68. The minimum atomic E-state index is -0.962. The Morgan fingerprint density at radius 3 is 2.60 bits per heavy atom. The number of benzene rings is 1. The van der Waals surface area contributed by atoms with Crippen LogP contribution in [0.3, 0.4) is 0 Å². The van der Waals surface area contributed by atoms with Crippen LogP contribution >= 0.6 is 11.5 Å². The third kappa shape index (κ3) is 1.82. The molecule has 3 N–H and O–H groups in total. The van der Waals surface area contributed by atoms with Gasteiger partial charge in [0, 0.05) is 16.6 Å². The van der Waals surface area contributed by atoms with Gasteiger partial charge in [0.2, 0.25) is 0 Å². The third-order valence-electron chi connectivity index (χ3n) is 1.98. The van der Waals surface area contributed by atoms with Gasteiger partial charge in [-0.3, -0.25) is 0 Å². The number of rotatable bonds is 2. The van der Waals surface area contributed by atoms with Crippen molar-refractivity contribution in [2.24, 2.45) is 0 Å². The number of carboxylic acid groups (broad SMARTS) is 1. The Morgan fingerprint density at radius 2 is 2.00 bits per heavy atom. The van der Waals surface area contributed by atoms with E-state index in [4.69, 9.17) is 10.8 Å². The first-order valence-corrected chi connectivity index (χ1v) is 5.05. The molecule has 0 saturated carbocycles. The van der Waals surface area contributed by atoms with Crippen LogP contribution in [0.5, 0.6) is 0 Å². The van der Waals surface area contributed by atoms with Gasteiger partial charge in [-0.05, 0) is 23.7 Å². The van der Waals surface area contributed by atoms with E-state index in [0.717, 1.165) is 17.1 Å². The largest absolute Gasteiger partial charge is 0.478 e. The summed E-state index contributed by atoms with van der Waals surface area (Å²) in [6.07, 6.45) is 0. The molecule has 0 spiro atoms. The number of carboxylic acids is 1. The maximum absolute atomic E-state index is 10.9. The first-order valence-electron chi connectivity index (χ1n) is 4.22. The van der Waals surface area contributed by atoms with Gasteiger partial charge in [0.15, 0.2) is 0 Å². The molecule has 4 nitrogen and oxygen atoms in total. The minimum absolute atomic E-state index is 0.227. The molecule has 0 saturated heterocycles. The first-order chi connectivity index (χ1) is 7.18. The van der Waals surface area contributed by atoms with Crippen molar-refractivity contribution < 1.29 is 9.90 Å². The number of nitrogens with zero attached hydrogens (tertiary/aromatic N) is 1. The van der Waals surface area contributed by atoms with Crippen LogP contribution in [0.2, 0.25) is 0 Å². The summed E-state index contributed by atoms with van der Waals surface area (Å²) in [5.41, 5.74) is 7.67. The molecule has 0 aliphatic heterocycles. The minimum Gasteiger partial charge on any atom is -0.478 e. The molecule has 1 aromatic carbocycles. The van der Waals surface area contributed by atoms with Crippen LogP contribution in [-0.4, -0.2) is 15.4 Å². The lowest BCUT2D eigenvalue weighted by atomic mass is 10.1. The summed E-state index contributed by atoms with van der Waals surface area (Å²) in [6.45, 7) is 0. The van der Waals surface area contributed by atoms with Crippen molar-refractivity contribution >= 4 is 23.2 Å². The molecule has 76 valence electrons. The SMILES string of the molecule is Nc1ccc(-c2nscc2C(=O)O)cc1. The number of hydrogen-bond acceptors (Lipinski definition) is 4. The highest BCUT2D eigenvalue weighted by atomic mass is 32.1. The van der Waals surface area contributed by atoms with Gasteiger partial charge in [-0.2, -0.15) is 4.37 Å². The van der Waals surface area contributed by atoms with E-state index in [1.165, 1.54) is 5.38 Å². The lowest BCUT2D eigenvalue weighted by molar-refractivity contribution is 0.0698. The second-order valence-electron chi connectivity index (χ2n) is 3.00. The van der Waals surface area contributed by atoms with Crippen molar-refractivity contribution in [3.8, 4) is 11.3 Å². The summed E-state index contributed by atoms with van der Waals surface area (Å²) >= 11 is 1.13. The molecule has 0 atom stereocenters.